The number of hydrogen-bond acceptors (Lipinski definition) is 2. The third-order valence-corrected chi connectivity index (χ3v) is 4.95. The summed E-state index contributed by atoms with van der Waals surface area (Å²) in [6, 6.07) is 4.11. The molecule has 1 atom stereocenters. The molecule has 1 aromatic rings. The van der Waals surface area contributed by atoms with Crippen molar-refractivity contribution in [2.45, 2.75) is 57.7 Å². The summed E-state index contributed by atoms with van der Waals surface area (Å²) in [6.45, 7) is 7.50. The van der Waals surface area contributed by atoms with Gasteiger partial charge in [-0.15, -0.1) is 0 Å². The molecule has 0 aliphatic rings. The summed E-state index contributed by atoms with van der Waals surface area (Å²) in [6.07, 6.45) is 6.26. The monoisotopic (exact) mass is 420 g/mol. The minimum atomic E-state index is 0.346. The van der Waals surface area contributed by atoms with Crippen molar-refractivity contribution in [3.8, 4) is 11.5 Å². The van der Waals surface area contributed by atoms with Gasteiger partial charge in [-0.2, -0.15) is 0 Å². The van der Waals surface area contributed by atoms with E-state index in [0.29, 0.717) is 18.0 Å². The molecule has 0 aliphatic carbocycles. The van der Waals surface area contributed by atoms with Crippen molar-refractivity contribution >= 4 is 31.9 Å². The Balaban J connectivity index is 2.82. The molecular weight excluding hydrogens is 396 g/mol. The summed E-state index contributed by atoms with van der Waals surface area (Å²) < 4.78 is 12.4. The van der Waals surface area contributed by atoms with Crippen LogP contribution in [-0.4, -0.2) is 13.2 Å². The average Bonchev–Trinajstić information content (AvgIpc) is 2.46. The number of ether oxygens (including phenoxy) is 2. The number of unbranched alkanes of at least 4 members (excludes halogenated alkanes) is 3. The van der Waals surface area contributed by atoms with Crippen LogP contribution in [0, 0.1) is 0 Å². The summed E-state index contributed by atoms with van der Waals surface area (Å²) in [7, 11) is 0. The van der Waals surface area contributed by atoms with Gasteiger partial charge in [0, 0.05) is 9.30 Å². The number of halogens is 2. The van der Waals surface area contributed by atoms with E-state index in [1.807, 2.05) is 19.9 Å². The van der Waals surface area contributed by atoms with Gasteiger partial charge in [-0.3, -0.25) is 0 Å². The number of alkyl halides is 1. The number of hydrogen-bond donors (Lipinski definition) is 0. The lowest BCUT2D eigenvalue weighted by atomic mass is 10.0. The van der Waals surface area contributed by atoms with Crippen molar-refractivity contribution in [2.75, 3.05) is 13.2 Å². The Morgan fingerprint density at radius 1 is 0.952 bits per heavy atom. The smallest absolute Gasteiger partial charge is 0.162 e. The summed E-state index contributed by atoms with van der Waals surface area (Å²) in [5, 5.41) is 0. The van der Waals surface area contributed by atoms with Crippen LogP contribution < -0.4 is 9.47 Å². The van der Waals surface area contributed by atoms with Crippen LogP contribution in [0.1, 0.15) is 63.3 Å². The Labute approximate surface area is 145 Å². The Bertz CT molecular complexity index is 421. The Hall–Kier alpha value is -0.220. The van der Waals surface area contributed by atoms with Crippen LogP contribution in [0.25, 0.3) is 0 Å². The Morgan fingerprint density at radius 3 is 2.14 bits per heavy atom. The lowest BCUT2D eigenvalue weighted by molar-refractivity contribution is 0.287. The molecule has 0 aliphatic heterocycles. The zero-order chi connectivity index (χ0) is 15.7. The lowest BCUT2D eigenvalue weighted by Crippen LogP contribution is -2.01. The lowest BCUT2D eigenvalue weighted by Gasteiger charge is -2.17. The molecule has 0 bridgehead atoms. The van der Waals surface area contributed by atoms with Crippen molar-refractivity contribution in [1.29, 1.82) is 0 Å². The molecule has 1 unspecified atom stereocenters. The van der Waals surface area contributed by atoms with Gasteiger partial charge >= 0.3 is 0 Å². The average molecular weight is 422 g/mol. The predicted octanol–water partition coefficient (Wildman–Crippen LogP) is 6.65. The van der Waals surface area contributed by atoms with Crippen molar-refractivity contribution < 1.29 is 9.47 Å². The van der Waals surface area contributed by atoms with Crippen molar-refractivity contribution in [2.24, 2.45) is 0 Å². The molecule has 0 amide bonds. The van der Waals surface area contributed by atoms with Crippen LogP contribution in [0.5, 0.6) is 11.5 Å². The highest BCUT2D eigenvalue weighted by Crippen LogP contribution is 2.40. The van der Waals surface area contributed by atoms with E-state index in [2.05, 4.69) is 44.8 Å². The van der Waals surface area contributed by atoms with Crippen molar-refractivity contribution in [3.63, 3.8) is 0 Å². The SMILES string of the molecule is CCCCCCC(Br)c1cc(OCC)c(OCC)cc1Br. The highest BCUT2D eigenvalue weighted by Gasteiger charge is 2.16. The van der Waals surface area contributed by atoms with Gasteiger partial charge in [-0.25, -0.2) is 0 Å². The Kier molecular flexibility index (Phi) is 9.41. The predicted molar refractivity (Wildman–Crippen MR) is 96.9 cm³/mol. The summed E-state index contributed by atoms with van der Waals surface area (Å²) in [5.74, 6) is 1.64. The highest BCUT2D eigenvalue weighted by atomic mass is 79.9. The Morgan fingerprint density at radius 2 is 1.57 bits per heavy atom. The first-order chi connectivity index (χ1) is 10.1. The van der Waals surface area contributed by atoms with E-state index in [9.17, 15) is 0 Å². The first-order valence-electron chi connectivity index (χ1n) is 7.87. The van der Waals surface area contributed by atoms with Crippen LogP contribution in [0.3, 0.4) is 0 Å². The van der Waals surface area contributed by atoms with Crippen molar-refractivity contribution in [3.05, 3.63) is 22.2 Å². The maximum Gasteiger partial charge on any atom is 0.162 e. The minimum absolute atomic E-state index is 0.346. The minimum Gasteiger partial charge on any atom is -0.490 e. The van der Waals surface area contributed by atoms with Crippen LogP contribution in [-0.2, 0) is 0 Å². The van der Waals surface area contributed by atoms with E-state index >= 15 is 0 Å². The molecule has 0 spiro atoms. The first-order valence-corrected chi connectivity index (χ1v) is 9.57. The maximum atomic E-state index is 5.71. The van der Waals surface area contributed by atoms with E-state index in [4.69, 9.17) is 9.47 Å². The third kappa shape index (κ3) is 6.19. The van der Waals surface area contributed by atoms with Gasteiger partial charge in [0.15, 0.2) is 11.5 Å². The fraction of sp³-hybridized carbons (Fsp3) is 0.647. The summed E-state index contributed by atoms with van der Waals surface area (Å²) in [4.78, 5) is 0.346. The first kappa shape index (κ1) is 18.8. The van der Waals surface area contributed by atoms with Crippen LogP contribution in [0.4, 0.5) is 0 Å². The molecule has 4 heteroatoms. The standard InChI is InChI=1S/C17H26Br2O2/c1-4-7-8-9-10-14(18)13-11-16(20-5-2)17(21-6-3)12-15(13)19/h11-12,14H,4-10H2,1-3H3. The van der Waals surface area contributed by atoms with Gasteiger partial charge in [-0.1, -0.05) is 64.5 Å². The normalized spacial score (nSPS) is 12.2. The van der Waals surface area contributed by atoms with Gasteiger partial charge in [0.05, 0.1) is 13.2 Å². The van der Waals surface area contributed by atoms with Gasteiger partial charge in [0.2, 0.25) is 0 Å². The van der Waals surface area contributed by atoms with Gasteiger partial charge in [-0.05, 0) is 38.0 Å². The molecule has 0 saturated heterocycles. The molecule has 2 nitrogen and oxygen atoms in total. The number of benzene rings is 1. The molecule has 1 rings (SSSR count). The van der Waals surface area contributed by atoms with Crippen LogP contribution in [0.15, 0.2) is 16.6 Å². The fourth-order valence-electron chi connectivity index (χ4n) is 2.23. The van der Waals surface area contributed by atoms with E-state index in [1.54, 1.807) is 0 Å². The van der Waals surface area contributed by atoms with E-state index in [-0.39, 0.29) is 0 Å². The summed E-state index contributed by atoms with van der Waals surface area (Å²) >= 11 is 7.47. The molecule has 1 aromatic carbocycles. The maximum absolute atomic E-state index is 5.71. The number of rotatable bonds is 10. The molecule has 0 N–H and O–H groups in total. The van der Waals surface area contributed by atoms with Crippen LogP contribution in [0.2, 0.25) is 0 Å². The third-order valence-electron chi connectivity index (χ3n) is 3.31. The quantitative estimate of drug-likeness (QED) is 0.310. The zero-order valence-electron chi connectivity index (χ0n) is 13.3. The molecule has 0 saturated carbocycles. The topological polar surface area (TPSA) is 18.5 Å². The van der Waals surface area contributed by atoms with E-state index < -0.39 is 0 Å². The second-order valence-corrected chi connectivity index (χ2v) is 6.96. The van der Waals surface area contributed by atoms with Gasteiger partial charge in [0.1, 0.15) is 0 Å². The molecule has 0 heterocycles. The van der Waals surface area contributed by atoms with E-state index in [0.717, 1.165) is 22.4 Å². The zero-order valence-corrected chi connectivity index (χ0v) is 16.4. The molecule has 21 heavy (non-hydrogen) atoms. The summed E-state index contributed by atoms with van der Waals surface area (Å²) in [5.41, 5.74) is 1.23. The highest BCUT2D eigenvalue weighted by molar-refractivity contribution is 9.11. The van der Waals surface area contributed by atoms with E-state index in [1.165, 1.54) is 31.2 Å². The molecule has 120 valence electrons. The van der Waals surface area contributed by atoms with Crippen molar-refractivity contribution in [1.82, 2.24) is 0 Å². The second kappa shape index (κ2) is 10.5. The van der Waals surface area contributed by atoms with Gasteiger partial charge in [0.25, 0.3) is 0 Å². The fourth-order valence-corrected chi connectivity index (χ4v) is 3.84. The largest absolute Gasteiger partial charge is 0.490 e. The molecular formula is C17H26Br2O2. The van der Waals surface area contributed by atoms with Gasteiger partial charge < -0.3 is 9.47 Å². The second-order valence-electron chi connectivity index (χ2n) is 5.00. The molecule has 0 aromatic heterocycles. The molecule has 0 fully saturated rings. The van der Waals surface area contributed by atoms with Crippen LogP contribution >= 0.6 is 31.9 Å². The molecule has 0 radical (unpaired) electrons.